The average Bonchev–Trinajstić information content (AvgIpc) is 2.79. The van der Waals surface area contributed by atoms with Gasteiger partial charge in [-0.2, -0.15) is 0 Å². The first kappa shape index (κ1) is 14.0. The molecule has 0 atom stereocenters. The first-order valence-electron chi connectivity index (χ1n) is 6.16. The van der Waals surface area contributed by atoms with Gasteiger partial charge in [0.25, 0.3) is 0 Å². The highest BCUT2D eigenvalue weighted by Crippen LogP contribution is 2.21. The molecule has 0 radical (unpaired) electrons. The van der Waals surface area contributed by atoms with Gasteiger partial charge in [-0.05, 0) is 18.1 Å². The van der Waals surface area contributed by atoms with Gasteiger partial charge in [-0.1, -0.05) is 36.0 Å². The first-order valence-corrected chi connectivity index (χ1v) is 7.14. The number of nitrogens with two attached hydrogens (primary N) is 1. The minimum absolute atomic E-state index is 0.0808. The van der Waals surface area contributed by atoms with Crippen LogP contribution in [0, 0.1) is 6.92 Å². The molecule has 0 aliphatic carbocycles. The molecule has 6 heteroatoms. The zero-order chi connectivity index (χ0) is 13.7. The molecule has 102 valence electrons. The van der Waals surface area contributed by atoms with E-state index in [-0.39, 0.29) is 6.61 Å². The SMILES string of the molecule is Cc1nnc(SCc2ccc(CO)cc2)n1CCN. The van der Waals surface area contributed by atoms with Gasteiger partial charge in [0.1, 0.15) is 5.82 Å². The second kappa shape index (κ2) is 6.70. The summed E-state index contributed by atoms with van der Waals surface area (Å²) >= 11 is 1.65. The number of aliphatic hydroxyl groups excluding tert-OH is 1. The van der Waals surface area contributed by atoms with Crippen LogP contribution in [0.25, 0.3) is 0 Å². The van der Waals surface area contributed by atoms with Crippen molar-refractivity contribution in [3.63, 3.8) is 0 Å². The molecule has 19 heavy (non-hydrogen) atoms. The maximum absolute atomic E-state index is 9.00. The third-order valence-electron chi connectivity index (χ3n) is 2.83. The van der Waals surface area contributed by atoms with Crippen LogP contribution in [-0.4, -0.2) is 26.4 Å². The summed E-state index contributed by atoms with van der Waals surface area (Å²) in [7, 11) is 0. The van der Waals surface area contributed by atoms with Gasteiger partial charge in [-0.15, -0.1) is 10.2 Å². The van der Waals surface area contributed by atoms with Crippen LogP contribution in [0.1, 0.15) is 17.0 Å². The Hall–Kier alpha value is -1.37. The number of thioether (sulfide) groups is 1. The molecule has 1 aromatic heterocycles. The van der Waals surface area contributed by atoms with E-state index >= 15 is 0 Å². The van der Waals surface area contributed by atoms with Gasteiger partial charge < -0.3 is 15.4 Å². The van der Waals surface area contributed by atoms with Gasteiger partial charge in [0.15, 0.2) is 5.16 Å². The van der Waals surface area contributed by atoms with E-state index in [4.69, 9.17) is 10.8 Å². The second-order valence-corrected chi connectivity index (χ2v) is 5.18. The lowest BCUT2D eigenvalue weighted by Crippen LogP contribution is -2.12. The van der Waals surface area contributed by atoms with Gasteiger partial charge in [0.05, 0.1) is 6.61 Å². The summed E-state index contributed by atoms with van der Waals surface area (Å²) < 4.78 is 2.03. The lowest BCUT2D eigenvalue weighted by Gasteiger charge is -2.06. The van der Waals surface area contributed by atoms with Crippen LogP contribution < -0.4 is 5.73 Å². The molecule has 0 unspecified atom stereocenters. The molecule has 5 nitrogen and oxygen atoms in total. The van der Waals surface area contributed by atoms with E-state index in [9.17, 15) is 0 Å². The molecule has 1 aromatic carbocycles. The number of hydrogen-bond donors (Lipinski definition) is 2. The number of aliphatic hydroxyl groups is 1. The van der Waals surface area contributed by atoms with Crippen molar-refractivity contribution in [1.82, 2.24) is 14.8 Å². The fourth-order valence-corrected chi connectivity index (χ4v) is 2.71. The van der Waals surface area contributed by atoms with Gasteiger partial charge in [0, 0.05) is 18.8 Å². The third-order valence-corrected chi connectivity index (χ3v) is 3.87. The zero-order valence-electron chi connectivity index (χ0n) is 10.9. The Morgan fingerprint density at radius 1 is 1.21 bits per heavy atom. The Labute approximate surface area is 116 Å². The van der Waals surface area contributed by atoms with Crippen LogP contribution in [0.3, 0.4) is 0 Å². The second-order valence-electron chi connectivity index (χ2n) is 4.23. The summed E-state index contributed by atoms with van der Waals surface area (Å²) in [5.41, 5.74) is 7.71. The van der Waals surface area contributed by atoms with Crippen LogP contribution in [0.4, 0.5) is 0 Å². The summed E-state index contributed by atoms with van der Waals surface area (Å²) in [6, 6.07) is 7.92. The summed E-state index contributed by atoms with van der Waals surface area (Å²) in [4.78, 5) is 0. The standard InChI is InChI=1S/C13H18N4OS/c1-10-15-16-13(17(10)7-6-14)19-9-12-4-2-11(8-18)3-5-12/h2-5,18H,6-9,14H2,1H3. The lowest BCUT2D eigenvalue weighted by atomic mass is 10.2. The van der Waals surface area contributed by atoms with Crippen LogP contribution in [0.15, 0.2) is 29.4 Å². The zero-order valence-corrected chi connectivity index (χ0v) is 11.7. The van der Waals surface area contributed by atoms with Crippen molar-refractivity contribution in [2.45, 2.75) is 31.0 Å². The molecule has 0 fully saturated rings. The molecular weight excluding hydrogens is 260 g/mol. The highest BCUT2D eigenvalue weighted by molar-refractivity contribution is 7.98. The molecule has 0 saturated carbocycles. The molecule has 0 saturated heterocycles. The smallest absolute Gasteiger partial charge is 0.191 e. The highest BCUT2D eigenvalue weighted by atomic mass is 32.2. The molecule has 0 aliphatic rings. The van der Waals surface area contributed by atoms with Gasteiger partial charge in [-0.25, -0.2) is 0 Å². The maximum Gasteiger partial charge on any atom is 0.191 e. The van der Waals surface area contributed by atoms with E-state index in [1.54, 1.807) is 11.8 Å². The van der Waals surface area contributed by atoms with Crippen LogP contribution in [-0.2, 0) is 18.9 Å². The molecule has 2 rings (SSSR count). The number of nitrogens with zero attached hydrogens (tertiary/aromatic N) is 3. The monoisotopic (exact) mass is 278 g/mol. The number of rotatable bonds is 6. The van der Waals surface area contributed by atoms with Gasteiger partial charge in [0.2, 0.25) is 0 Å². The normalized spacial score (nSPS) is 10.9. The van der Waals surface area contributed by atoms with Crippen molar-refractivity contribution in [3.8, 4) is 0 Å². The predicted molar refractivity (Wildman–Crippen MR) is 75.7 cm³/mol. The molecule has 2 aromatic rings. The van der Waals surface area contributed by atoms with Crippen molar-refractivity contribution in [2.75, 3.05) is 6.54 Å². The molecule has 0 amide bonds. The number of hydrogen-bond acceptors (Lipinski definition) is 5. The minimum Gasteiger partial charge on any atom is -0.392 e. The van der Waals surface area contributed by atoms with Crippen molar-refractivity contribution in [2.24, 2.45) is 5.73 Å². The van der Waals surface area contributed by atoms with E-state index in [2.05, 4.69) is 10.2 Å². The van der Waals surface area contributed by atoms with Gasteiger partial charge >= 0.3 is 0 Å². The van der Waals surface area contributed by atoms with Crippen molar-refractivity contribution < 1.29 is 5.11 Å². The molecule has 3 N–H and O–H groups in total. The van der Waals surface area contributed by atoms with Crippen molar-refractivity contribution in [1.29, 1.82) is 0 Å². The van der Waals surface area contributed by atoms with Crippen molar-refractivity contribution in [3.05, 3.63) is 41.2 Å². The van der Waals surface area contributed by atoms with E-state index in [0.717, 1.165) is 28.8 Å². The van der Waals surface area contributed by atoms with Crippen LogP contribution >= 0.6 is 11.8 Å². The summed E-state index contributed by atoms with van der Waals surface area (Å²) in [6.45, 7) is 3.34. The Balaban J connectivity index is 2.01. The van der Waals surface area contributed by atoms with E-state index < -0.39 is 0 Å². The molecule has 0 spiro atoms. The van der Waals surface area contributed by atoms with Crippen LogP contribution in [0.2, 0.25) is 0 Å². The average molecular weight is 278 g/mol. The van der Waals surface area contributed by atoms with Crippen LogP contribution in [0.5, 0.6) is 0 Å². The van der Waals surface area contributed by atoms with E-state index in [1.165, 1.54) is 5.56 Å². The topological polar surface area (TPSA) is 77.0 Å². The highest BCUT2D eigenvalue weighted by Gasteiger charge is 2.08. The Kier molecular flexibility index (Phi) is 4.95. The van der Waals surface area contributed by atoms with Gasteiger partial charge in [-0.3, -0.25) is 0 Å². The minimum atomic E-state index is 0.0808. The third kappa shape index (κ3) is 3.56. The predicted octanol–water partition coefficient (Wildman–Crippen LogP) is 1.33. The largest absolute Gasteiger partial charge is 0.392 e. The fourth-order valence-electron chi connectivity index (χ4n) is 1.74. The quantitative estimate of drug-likeness (QED) is 0.780. The Morgan fingerprint density at radius 2 is 1.89 bits per heavy atom. The molecule has 1 heterocycles. The van der Waals surface area contributed by atoms with E-state index in [0.29, 0.717) is 6.54 Å². The fraction of sp³-hybridized carbons (Fsp3) is 0.385. The molecule has 0 aliphatic heterocycles. The summed E-state index contributed by atoms with van der Waals surface area (Å²) in [5.74, 6) is 1.72. The Morgan fingerprint density at radius 3 is 2.53 bits per heavy atom. The van der Waals surface area contributed by atoms with Crippen molar-refractivity contribution >= 4 is 11.8 Å². The first-order chi connectivity index (χ1) is 9.24. The molecule has 0 bridgehead atoms. The Bertz CT molecular complexity index is 524. The number of benzene rings is 1. The lowest BCUT2D eigenvalue weighted by molar-refractivity contribution is 0.282. The number of aromatic nitrogens is 3. The summed E-state index contributed by atoms with van der Waals surface area (Å²) in [5, 5.41) is 18.1. The summed E-state index contributed by atoms with van der Waals surface area (Å²) in [6.07, 6.45) is 0. The van der Waals surface area contributed by atoms with E-state index in [1.807, 2.05) is 35.8 Å². The number of aryl methyl sites for hydroxylation is 1. The molecular formula is C13H18N4OS. The maximum atomic E-state index is 9.00.